The first-order valence-electron chi connectivity index (χ1n) is 3.97. The Labute approximate surface area is 75.8 Å². The van der Waals surface area contributed by atoms with Gasteiger partial charge < -0.3 is 4.74 Å². The summed E-state index contributed by atoms with van der Waals surface area (Å²) in [7, 11) is 3.63. The van der Waals surface area contributed by atoms with Crippen molar-refractivity contribution in [2.75, 3.05) is 33.9 Å². The number of hydrazine groups is 1. The Morgan fingerprint density at radius 2 is 1.92 bits per heavy atom. The predicted molar refractivity (Wildman–Crippen MR) is 43.2 cm³/mol. The largest absolute Gasteiger partial charge is 0.411 e. The zero-order valence-electron chi connectivity index (χ0n) is 7.82. The van der Waals surface area contributed by atoms with E-state index >= 15 is 0 Å². The van der Waals surface area contributed by atoms with Gasteiger partial charge in [-0.25, -0.2) is 0 Å². The molecular weight excluding hydrogens is 185 g/mol. The summed E-state index contributed by atoms with van der Waals surface area (Å²) >= 11 is 0. The van der Waals surface area contributed by atoms with Gasteiger partial charge in [-0.05, 0) is 6.42 Å². The monoisotopic (exact) mass is 200 g/mol. The lowest BCUT2D eigenvalue weighted by Gasteiger charge is -2.12. The minimum atomic E-state index is -4.21. The number of alkyl halides is 3. The molecule has 0 aromatic carbocycles. The van der Waals surface area contributed by atoms with Crippen LogP contribution in [0.5, 0.6) is 0 Å². The fourth-order valence-corrected chi connectivity index (χ4v) is 0.665. The third-order valence-electron chi connectivity index (χ3n) is 1.16. The molecule has 0 saturated heterocycles. The summed E-state index contributed by atoms with van der Waals surface area (Å²) in [6.07, 6.45) is -3.65. The SMILES string of the molecule is CN(C)NCCCOCC(F)(F)F. The summed E-state index contributed by atoms with van der Waals surface area (Å²) in [5, 5.41) is 1.74. The Hall–Kier alpha value is -0.330. The molecular formula is C7H15F3N2O. The van der Waals surface area contributed by atoms with E-state index in [-0.39, 0.29) is 6.61 Å². The van der Waals surface area contributed by atoms with Crippen LogP contribution in [-0.4, -0.2) is 45.0 Å². The summed E-state index contributed by atoms with van der Waals surface area (Å²) < 4.78 is 39.0. The van der Waals surface area contributed by atoms with Crippen LogP contribution in [0.2, 0.25) is 0 Å². The molecule has 0 heterocycles. The Kier molecular flexibility index (Phi) is 6.02. The molecule has 0 fully saturated rings. The standard InChI is InChI=1S/C7H15F3N2O/c1-12(2)11-4-3-5-13-6-7(8,9)10/h11H,3-6H2,1-2H3. The Morgan fingerprint density at radius 3 is 2.38 bits per heavy atom. The number of nitrogens with zero attached hydrogens (tertiary/aromatic N) is 1. The van der Waals surface area contributed by atoms with Gasteiger partial charge in [0.15, 0.2) is 0 Å². The third kappa shape index (κ3) is 11.7. The quantitative estimate of drug-likeness (QED) is 0.512. The Morgan fingerprint density at radius 1 is 1.31 bits per heavy atom. The van der Waals surface area contributed by atoms with Crippen LogP contribution in [0.3, 0.4) is 0 Å². The van der Waals surface area contributed by atoms with Gasteiger partial charge in [0.2, 0.25) is 0 Å². The van der Waals surface area contributed by atoms with Crippen LogP contribution in [0.15, 0.2) is 0 Å². The van der Waals surface area contributed by atoms with Gasteiger partial charge in [-0.2, -0.15) is 13.2 Å². The molecule has 0 atom stereocenters. The van der Waals surface area contributed by atoms with Crippen molar-refractivity contribution in [2.45, 2.75) is 12.6 Å². The molecule has 0 aromatic rings. The summed E-state index contributed by atoms with van der Waals surface area (Å²) in [4.78, 5) is 0. The van der Waals surface area contributed by atoms with E-state index in [1.165, 1.54) is 0 Å². The fraction of sp³-hybridized carbons (Fsp3) is 1.00. The molecule has 80 valence electrons. The fourth-order valence-electron chi connectivity index (χ4n) is 0.665. The van der Waals surface area contributed by atoms with Crippen molar-refractivity contribution in [1.29, 1.82) is 0 Å². The summed E-state index contributed by atoms with van der Waals surface area (Å²) in [5.74, 6) is 0. The Balaban J connectivity index is 3.09. The second-order valence-corrected chi connectivity index (χ2v) is 2.82. The molecule has 0 aliphatic heterocycles. The summed E-state index contributed by atoms with van der Waals surface area (Å²) in [6.45, 7) is -0.416. The van der Waals surface area contributed by atoms with Crippen molar-refractivity contribution in [3.63, 3.8) is 0 Å². The maximum Gasteiger partial charge on any atom is 0.411 e. The Bertz CT molecular complexity index is 127. The van der Waals surface area contributed by atoms with E-state index in [4.69, 9.17) is 0 Å². The van der Waals surface area contributed by atoms with Crippen LogP contribution < -0.4 is 5.43 Å². The van der Waals surface area contributed by atoms with Gasteiger partial charge in [-0.1, -0.05) is 0 Å². The third-order valence-corrected chi connectivity index (χ3v) is 1.16. The minimum absolute atomic E-state index is 0.125. The molecule has 0 unspecified atom stereocenters. The van der Waals surface area contributed by atoms with Crippen LogP contribution in [0, 0.1) is 0 Å². The van der Waals surface area contributed by atoms with E-state index in [0.717, 1.165) is 0 Å². The van der Waals surface area contributed by atoms with Crippen molar-refractivity contribution in [3.8, 4) is 0 Å². The van der Waals surface area contributed by atoms with Crippen molar-refractivity contribution in [3.05, 3.63) is 0 Å². The maximum absolute atomic E-state index is 11.5. The van der Waals surface area contributed by atoms with Crippen LogP contribution in [0.1, 0.15) is 6.42 Å². The highest BCUT2D eigenvalue weighted by Gasteiger charge is 2.26. The molecule has 0 aliphatic rings. The topological polar surface area (TPSA) is 24.5 Å². The van der Waals surface area contributed by atoms with Crippen LogP contribution >= 0.6 is 0 Å². The molecule has 6 heteroatoms. The first kappa shape index (κ1) is 12.7. The number of halogens is 3. The lowest BCUT2D eigenvalue weighted by atomic mass is 10.5. The second-order valence-electron chi connectivity index (χ2n) is 2.82. The van der Waals surface area contributed by atoms with Crippen molar-refractivity contribution in [1.82, 2.24) is 10.4 Å². The number of hydrogen-bond donors (Lipinski definition) is 1. The number of ether oxygens (including phenoxy) is 1. The molecule has 0 saturated carbocycles. The first-order chi connectivity index (χ1) is 5.92. The molecule has 0 radical (unpaired) electrons. The predicted octanol–water partition coefficient (Wildman–Crippen LogP) is 1.02. The molecule has 0 amide bonds. The van der Waals surface area contributed by atoms with Crippen LogP contribution in [0.25, 0.3) is 0 Å². The highest BCUT2D eigenvalue weighted by atomic mass is 19.4. The van der Waals surface area contributed by atoms with Gasteiger partial charge in [-0.15, -0.1) is 0 Å². The van der Waals surface area contributed by atoms with Crippen molar-refractivity contribution in [2.24, 2.45) is 0 Å². The number of rotatable bonds is 6. The number of hydrogen-bond acceptors (Lipinski definition) is 3. The molecule has 0 rings (SSSR count). The molecule has 0 aliphatic carbocycles. The average Bonchev–Trinajstić information content (AvgIpc) is 1.93. The van der Waals surface area contributed by atoms with E-state index in [1.807, 2.05) is 14.1 Å². The van der Waals surface area contributed by atoms with E-state index in [0.29, 0.717) is 13.0 Å². The second kappa shape index (κ2) is 6.17. The summed E-state index contributed by atoms with van der Waals surface area (Å²) in [6, 6.07) is 0. The lowest BCUT2D eigenvalue weighted by molar-refractivity contribution is -0.174. The van der Waals surface area contributed by atoms with Gasteiger partial charge >= 0.3 is 6.18 Å². The molecule has 0 bridgehead atoms. The van der Waals surface area contributed by atoms with E-state index in [1.54, 1.807) is 5.01 Å². The lowest BCUT2D eigenvalue weighted by Crippen LogP contribution is -2.31. The first-order valence-corrected chi connectivity index (χ1v) is 3.97. The summed E-state index contributed by atoms with van der Waals surface area (Å²) in [5.41, 5.74) is 2.92. The van der Waals surface area contributed by atoms with Gasteiger partial charge in [-0.3, -0.25) is 10.4 Å². The van der Waals surface area contributed by atoms with Crippen molar-refractivity contribution >= 4 is 0 Å². The zero-order valence-corrected chi connectivity index (χ0v) is 7.82. The van der Waals surface area contributed by atoms with Gasteiger partial charge in [0, 0.05) is 27.2 Å². The number of nitrogens with one attached hydrogen (secondary N) is 1. The smallest absolute Gasteiger partial charge is 0.372 e. The normalized spacial score (nSPS) is 12.5. The van der Waals surface area contributed by atoms with E-state index in [9.17, 15) is 13.2 Å². The highest BCUT2D eigenvalue weighted by Crippen LogP contribution is 2.14. The van der Waals surface area contributed by atoms with Crippen LogP contribution in [-0.2, 0) is 4.74 Å². The van der Waals surface area contributed by atoms with Gasteiger partial charge in [0.25, 0.3) is 0 Å². The molecule has 13 heavy (non-hydrogen) atoms. The van der Waals surface area contributed by atoms with Gasteiger partial charge in [0.1, 0.15) is 6.61 Å². The highest BCUT2D eigenvalue weighted by molar-refractivity contribution is 4.46. The maximum atomic E-state index is 11.5. The zero-order chi connectivity index (χ0) is 10.3. The molecule has 0 aromatic heterocycles. The molecule has 3 nitrogen and oxygen atoms in total. The van der Waals surface area contributed by atoms with Gasteiger partial charge in [0.05, 0.1) is 0 Å². The minimum Gasteiger partial charge on any atom is -0.372 e. The molecule has 1 N–H and O–H groups in total. The van der Waals surface area contributed by atoms with E-state index in [2.05, 4.69) is 10.2 Å². The van der Waals surface area contributed by atoms with Crippen molar-refractivity contribution < 1.29 is 17.9 Å². The van der Waals surface area contributed by atoms with Crippen LogP contribution in [0.4, 0.5) is 13.2 Å². The molecule has 0 spiro atoms. The average molecular weight is 200 g/mol. The van der Waals surface area contributed by atoms with E-state index < -0.39 is 12.8 Å².